The minimum absolute atomic E-state index is 0.609. The van der Waals surface area contributed by atoms with E-state index in [2.05, 4.69) is 63.9 Å². The molecular weight excluding hydrogens is 264 g/mol. The lowest BCUT2D eigenvalue weighted by atomic mass is 9.99. The van der Waals surface area contributed by atoms with Crippen LogP contribution in [0.5, 0.6) is 0 Å². The number of nitrogens with zero attached hydrogens (tertiary/aromatic N) is 2. The van der Waals surface area contributed by atoms with Crippen LogP contribution < -0.4 is 0 Å². The average molecular weight is 279 g/mol. The molecular formula is C13H15BrN2. The maximum atomic E-state index is 3.64. The second-order valence-electron chi connectivity index (χ2n) is 4.76. The summed E-state index contributed by atoms with van der Waals surface area (Å²) in [5.74, 6) is 0. The topological polar surface area (TPSA) is 8.17 Å². The number of benzene rings is 1. The maximum absolute atomic E-state index is 3.64. The van der Waals surface area contributed by atoms with E-state index in [1.165, 1.54) is 20.9 Å². The molecule has 0 aliphatic carbocycles. The van der Waals surface area contributed by atoms with Gasteiger partial charge in [0.25, 0.3) is 0 Å². The largest absolute Gasteiger partial charge is 0.344 e. The number of likely N-dealkylation sites (N-methyl/N-ethyl adjacent to an activating group) is 1. The van der Waals surface area contributed by atoms with E-state index in [0.29, 0.717) is 6.04 Å². The molecule has 0 saturated heterocycles. The third kappa shape index (κ3) is 1.42. The molecule has 0 N–H and O–H groups in total. The normalized spacial score (nSPS) is 19.6. The van der Waals surface area contributed by atoms with Crippen molar-refractivity contribution in [2.45, 2.75) is 19.0 Å². The van der Waals surface area contributed by atoms with Crippen molar-refractivity contribution in [2.24, 2.45) is 0 Å². The average Bonchev–Trinajstić information content (AvgIpc) is 2.58. The van der Waals surface area contributed by atoms with Gasteiger partial charge in [-0.1, -0.05) is 18.2 Å². The molecule has 1 atom stereocenters. The number of para-hydroxylation sites is 1. The Labute approximate surface area is 104 Å². The summed E-state index contributed by atoms with van der Waals surface area (Å²) in [4.78, 5) is 2.32. The van der Waals surface area contributed by atoms with Crippen molar-refractivity contribution in [3.8, 4) is 0 Å². The lowest BCUT2D eigenvalue weighted by Gasteiger charge is -2.29. The molecule has 2 heterocycles. The molecule has 0 unspecified atom stereocenters. The van der Waals surface area contributed by atoms with Crippen LogP contribution in [0, 0.1) is 0 Å². The van der Waals surface area contributed by atoms with Crippen LogP contribution in [0.15, 0.2) is 28.9 Å². The zero-order valence-electron chi connectivity index (χ0n) is 9.57. The second-order valence-corrected chi connectivity index (χ2v) is 5.62. The van der Waals surface area contributed by atoms with Gasteiger partial charge in [0.05, 0.1) is 5.52 Å². The molecule has 0 radical (unpaired) electrons. The SMILES string of the molecule is CN(C)[C@@H]1Cc2cccc3c(Br)cn(c23)C1. The standard InChI is InChI=1S/C13H15BrN2/c1-15(2)10-6-9-4-3-5-11-12(14)8-16(7-10)13(9)11/h3-5,8,10H,6-7H2,1-2H3/t10-/m1/s1. The van der Waals surface area contributed by atoms with Crippen LogP contribution in [0.4, 0.5) is 0 Å². The van der Waals surface area contributed by atoms with Gasteiger partial charge < -0.3 is 9.47 Å². The van der Waals surface area contributed by atoms with Crippen molar-refractivity contribution in [3.05, 3.63) is 34.4 Å². The van der Waals surface area contributed by atoms with Crippen LogP contribution in [-0.4, -0.2) is 29.6 Å². The van der Waals surface area contributed by atoms with E-state index in [1.54, 1.807) is 0 Å². The molecule has 0 spiro atoms. The Morgan fingerprint density at radius 2 is 2.19 bits per heavy atom. The molecule has 3 rings (SSSR count). The van der Waals surface area contributed by atoms with E-state index in [1.807, 2.05) is 0 Å². The predicted octanol–water partition coefficient (Wildman–Crippen LogP) is 2.89. The van der Waals surface area contributed by atoms with E-state index in [9.17, 15) is 0 Å². The summed E-state index contributed by atoms with van der Waals surface area (Å²) in [6, 6.07) is 7.21. The Morgan fingerprint density at radius 3 is 2.94 bits per heavy atom. The van der Waals surface area contributed by atoms with Crippen molar-refractivity contribution in [1.82, 2.24) is 9.47 Å². The van der Waals surface area contributed by atoms with Gasteiger partial charge in [0.1, 0.15) is 0 Å². The summed E-state index contributed by atoms with van der Waals surface area (Å²) in [5.41, 5.74) is 2.88. The summed E-state index contributed by atoms with van der Waals surface area (Å²) >= 11 is 3.64. The first-order chi connectivity index (χ1) is 7.66. The van der Waals surface area contributed by atoms with Gasteiger partial charge in [-0.3, -0.25) is 0 Å². The summed E-state index contributed by atoms with van der Waals surface area (Å²) < 4.78 is 3.59. The summed E-state index contributed by atoms with van der Waals surface area (Å²) in [6.45, 7) is 1.09. The van der Waals surface area contributed by atoms with E-state index >= 15 is 0 Å². The van der Waals surface area contributed by atoms with Gasteiger partial charge in [0.15, 0.2) is 0 Å². The molecule has 3 heteroatoms. The predicted molar refractivity (Wildman–Crippen MR) is 70.8 cm³/mol. The molecule has 0 saturated carbocycles. The van der Waals surface area contributed by atoms with Crippen LogP contribution >= 0.6 is 15.9 Å². The molecule has 2 nitrogen and oxygen atoms in total. The van der Waals surface area contributed by atoms with Gasteiger partial charge in [-0.25, -0.2) is 0 Å². The monoisotopic (exact) mass is 278 g/mol. The molecule has 16 heavy (non-hydrogen) atoms. The zero-order chi connectivity index (χ0) is 11.3. The first kappa shape index (κ1) is 10.4. The van der Waals surface area contributed by atoms with E-state index < -0.39 is 0 Å². The van der Waals surface area contributed by atoms with Gasteiger partial charge in [-0.15, -0.1) is 0 Å². The quantitative estimate of drug-likeness (QED) is 0.779. The van der Waals surface area contributed by atoms with Gasteiger partial charge in [-0.2, -0.15) is 0 Å². The highest BCUT2D eigenvalue weighted by atomic mass is 79.9. The lowest BCUT2D eigenvalue weighted by molar-refractivity contribution is 0.258. The Balaban J connectivity index is 2.20. The van der Waals surface area contributed by atoms with Crippen molar-refractivity contribution < 1.29 is 0 Å². The van der Waals surface area contributed by atoms with Gasteiger partial charge in [0.2, 0.25) is 0 Å². The van der Waals surface area contributed by atoms with Crippen LogP contribution in [0.1, 0.15) is 5.56 Å². The van der Waals surface area contributed by atoms with E-state index in [4.69, 9.17) is 0 Å². The smallest absolute Gasteiger partial charge is 0.0525 e. The Morgan fingerprint density at radius 1 is 1.38 bits per heavy atom. The minimum Gasteiger partial charge on any atom is -0.344 e. The zero-order valence-corrected chi connectivity index (χ0v) is 11.2. The fraction of sp³-hybridized carbons (Fsp3) is 0.385. The summed E-state index contributed by atoms with van der Waals surface area (Å²) in [7, 11) is 4.32. The number of hydrogen-bond donors (Lipinski definition) is 0. The van der Waals surface area contributed by atoms with E-state index in [0.717, 1.165) is 13.0 Å². The van der Waals surface area contributed by atoms with Crippen molar-refractivity contribution in [3.63, 3.8) is 0 Å². The second kappa shape index (κ2) is 3.60. The van der Waals surface area contributed by atoms with Crippen molar-refractivity contribution in [2.75, 3.05) is 14.1 Å². The number of hydrogen-bond acceptors (Lipinski definition) is 1. The molecule has 1 aliphatic rings. The molecule has 2 aromatic rings. The lowest BCUT2D eigenvalue weighted by Crippen LogP contribution is -2.36. The fourth-order valence-corrected chi connectivity index (χ4v) is 3.16. The number of halogens is 1. The molecule has 0 amide bonds. The number of aromatic nitrogens is 1. The highest BCUT2D eigenvalue weighted by Crippen LogP contribution is 2.32. The third-order valence-corrected chi connectivity index (χ3v) is 4.16. The maximum Gasteiger partial charge on any atom is 0.0525 e. The van der Waals surface area contributed by atoms with Crippen LogP contribution in [0.3, 0.4) is 0 Å². The Hall–Kier alpha value is -0.800. The molecule has 0 bridgehead atoms. The van der Waals surface area contributed by atoms with Crippen LogP contribution in [0.25, 0.3) is 10.9 Å². The van der Waals surface area contributed by atoms with Crippen molar-refractivity contribution in [1.29, 1.82) is 0 Å². The highest BCUT2D eigenvalue weighted by molar-refractivity contribution is 9.10. The first-order valence-corrected chi connectivity index (χ1v) is 6.39. The fourth-order valence-electron chi connectivity index (χ4n) is 2.59. The Bertz CT molecular complexity index is 542. The van der Waals surface area contributed by atoms with E-state index in [-0.39, 0.29) is 0 Å². The summed E-state index contributed by atoms with van der Waals surface area (Å²) in [6.07, 6.45) is 3.37. The first-order valence-electron chi connectivity index (χ1n) is 5.59. The van der Waals surface area contributed by atoms with Crippen LogP contribution in [0.2, 0.25) is 0 Å². The van der Waals surface area contributed by atoms with Crippen molar-refractivity contribution >= 4 is 26.8 Å². The van der Waals surface area contributed by atoms with Gasteiger partial charge in [0, 0.05) is 28.6 Å². The Kier molecular flexibility index (Phi) is 2.33. The van der Waals surface area contributed by atoms with Crippen LogP contribution in [-0.2, 0) is 13.0 Å². The third-order valence-electron chi connectivity index (χ3n) is 3.53. The highest BCUT2D eigenvalue weighted by Gasteiger charge is 2.22. The minimum atomic E-state index is 0.609. The molecule has 1 aromatic heterocycles. The summed E-state index contributed by atoms with van der Waals surface area (Å²) in [5, 5.41) is 1.34. The van der Waals surface area contributed by atoms with Gasteiger partial charge in [-0.05, 0) is 42.0 Å². The van der Waals surface area contributed by atoms with Gasteiger partial charge >= 0.3 is 0 Å². The molecule has 84 valence electrons. The molecule has 0 fully saturated rings. The molecule has 1 aromatic carbocycles. The molecule has 1 aliphatic heterocycles. The number of rotatable bonds is 1.